The molecule has 0 radical (unpaired) electrons. The third-order valence-electron chi connectivity index (χ3n) is 13.3. The summed E-state index contributed by atoms with van der Waals surface area (Å²) in [6, 6.07) is 0. The Kier molecular flexibility index (Phi) is 19.1. The second-order valence-corrected chi connectivity index (χ2v) is 18.0. The van der Waals surface area contributed by atoms with Gasteiger partial charge in [0.1, 0.15) is 122 Å². The number of aliphatic hydroxyl groups is 16. The minimum absolute atomic E-state index is 0.0449. The number of hydrogen-bond donors (Lipinski definition) is 18. The van der Waals surface area contributed by atoms with Crippen LogP contribution in [0, 0.1) is 0 Å². The van der Waals surface area contributed by atoms with Crippen LogP contribution in [0.4, 0.5) is 0 Å². The van der Waals surface area contributed by atoms with Gasteiger partial charge in [-0.05, 0) is 33.7 Å². The summed E-state index contributed by atoms with van der Waals surface area (Å²) in [6.07, 6.45) is -56.8. The molecule has 0 aromatic heterocycles. The van der Waals surface area contributed by atoms with E-state index >= 15 is 0 Å². The van der Waals surface area contributed by atoms with Gasteiger partial charge in [0.05, 0.1) is 38.1 Å². The van der Waals surface area contributed by atoms with E-state index in [0.717, 1.165) is 0 Å². The van der Waals surface area contributed by atoms with Crippen LogP contribution in [0.3, 0.4) is 0 Å². The molecule has 0 aromatic carbocycles. The first-order valence-electron chi connectivity index (χ1n) is 22.3. The average Bonchev–Trinajstić information content (AvgIpc) is 3.31. The van der Waals surface area contributed by atoms with Crippen molar-refractivity contribution < 1.29 is 144 Å². The molecule has 0 aromatic rings. The highest BCUT2D eigenvalue weighted by Crippen LogP contribution is 2.44. The maximum Gasteiger partial charge on any atom is 0.335 e. The fraction of sp³-hybridized carbons (Fsp3) is 0.974. The van der Waals surface area contributed by atoms with E-state index in [0.29, 0.717) is 6.42 Å². The van der Waals surface area contributed by atoms with Crippen LogP contribution in [0.1, 0.15) is 27.2 Å². The number of rotatable bonds is 16. The van der Waals surface area contributed by atoms with Gasteiger partial charge in [-0.2, -0.15) is 0 Å². The molecule has 30 atom stereocenters. The summed E-state index contributed by atoms with van der Waals surface area (Å²) in [5.74, 6) is -1.78. The van der Waals surface area contributed by atoms with E-state index in [4.69, 9.17) is 57.8 Å². The molecule has 0 saturated carbocycles. The number of carboxylic acids is 1. The Morgan fingerprint density at radius 2 is 1.07 bits per heavy atom. The predicted octanol–water partition coefficient (Wildman–Crippen LogP) is -11.2. The zero-order valence-electron chi connectivity index (χ0n) is 37.4. The van der Waals surface area contributed by atoms with E-state index in [1.165, 1.54) is 20.8 Å². The Bertz CT molecular complexity index is 1640. The maximum absolute atomic E-state index is 13.2. The van der Waals surface area contributed by atoms with Crippen molar-refractivity contribution in [1.82, 2.24) is 0 Å². The first kappa shape index (κ1) is 56.6. The summed E-state index contributed by atoms with van der Waals surface area (Å²) in [6.45, 7) is 1.97. The first-order chi connectivity index (χ1) is 32.4. The highest BCUT2D eigenvalue weighted by atomic mass is 16.8. The lowest BCUT2D eigenvalue weighted by molar-refractivity contribution is -0.428. The molecule has 0 amide bonds. The van der Waals surface area contributed by atoms with Crippen molar-refractivity contribution in [3.05, 3.63) is 0 Å². The summed E-state index contributed by atoms with van der Waals surface area (Å²) in [5.41, 5.74) is 2.23. The highest BCUT2D eigenvalue weighted by molar-refractivity contribution is 5.73. The molecular formula is C39H67NO29. The van der Waals surface area contributed by atoms with E-state index in [9.17, 15) is 91.6 Å². The van der Waals surface area contributed by atoms with Crippen LogP contribution >= 0.6 is 0 Å². The summed E-state index contributed by atoms with van der Waals surface area (Å²) in [4.78, 5) is 11.7. The van der Waals surface area contributed by atoms with Crippen LogP contribution in [0.2, 0.25) is 0 Å². The van der Waals surface area contributed by atoms with Crippen molar-refractivity contribution in [3.63, 3.8) is 0 Å². The van der Waals surface area contributed by atoms with Crippen molar-refractivity contribution in [2.45, 2.75) is 211 Å². The van der Waals surface area contributed by atoms with Crippen molar-refractivity contribution in [2.24, 2.45) is 5.73 Å². The number of hydrogen-bond acceptors (Lipinski definition) is 29. The van der Waals surface area contributed by atoms with Crippen molar-refractivity contribution in [2.75, 3.05) is 26.4 Å². The van der Waals surface area contributed by atoms with Crippen molar-refractivity contribution in [1.29, 1.82) is 0 Å². The van der Waals surface area contributed by atoms with Gasteiger partial charge in [-0.15, -0.1) is 0 Å². The SMILES string of the molecule is CC1O[C@H](O[C@@H]2C(CO)O[C@@H](OC3[C@@H](O)C(C)O[C@@H](OC4C(O)[C@H](OCCCN)OC(C)[C@@H]4O)C3(O)[C@H]3OC(CO[C@H]4OC(C(=O)O)[C@@H](O)C(O)C4O)[C@@H](O)C(O)C3O)C(O)C2O)C(O)C(O)[C@H]1O. The predicted molar refractivity (Wildman–Crippen MR) is 213 cm³/mol. The molecule has 402 valence electrons. The van der Waals surface area contributed by atoms with Gasteiger partial charge in [0.2, 0.25) is 0 Å². The standard InChI is InChI=1S/C39H67NO29/c1-9-14(42)18(46)25(53)36(62-9)66-28-12(7-41)65-37(26(54)22(28)50)69-31-16(44)11(3)63-38(68-29-15(43)10(2)61-35(27(29)55)59-6-4-5-40)39(31,58)32-23(51)19(47)17(45)13(64-32)8-60-34-24(52)20(48)21(49)30(67-34)33(56)57/h9-32,34-38,41-55,58H,4-8,40H2,1-3H3,(H,56,57)/t9?,10?,11?,12?,13?,14-,15-,16-,17+,18?,19?,20?,21-,22?,23?,24?,25?,26?,27?,28+,29?,30?,31?,32-,34-,35+,36+,37-,38-,39?/m0/s1. The third-order valence-corrected chi connectivity index (χ3v) is 13.3. The zero-order chi connectivity index (χ0) is 51.1. The summed E-state index contributed by atoms with van der Waals surface area (Å²) < 4.78 is 62.6. The minimum Gasteiger partial charge on any atom is -0.479 e. The second kappa shape index (κ2) is 23.3. The molecule has 6 saturated heterocycles. The van der Waals surface area contributed by atoms with Crippen LogP contribution < -0.4 is 5.73 Å². The molecule has 69 heavy (non-hydrogen) atoms. The van der Waals surface area contributed by atoms with Crippen LogP contribution in [-0.4, -0.2) is 303 Å². The molecule has 6 aliphatic heterocycles. The van der Waals surface area contributed by atoms with E-state index in [-0.39, 0.29) is 13.2 Å². The fourth-order valence-corrected chi connectivity index (χ4v) is 8.99. The molecule has 18 unspecified atom stereocenters. The maximum atomic E-state index is 13.2. The van der Waals surface area contributed by atoms with Gasteiger partial charge in [-0.25, -0.2) is 4.79 Å². The summed E-state index contributed by atoms with van der Waals surface area (Å²) >= 11 is 0. The van der Waals surface area contributed by atoms with E-state index in [2.05, 4.69) is 0 Å². The molecule has 0 aliphatic carbocycles. The molecule has 0 spiro atoms. The van der Waals surface area contributed by atoms with Gasteiger partial charge in [0, 0.05) is 0 Å². The van der Waals surface area contributed by atoms with E-state index < -0.39 is 203 Å². The van der Waals surface area contributed by atoms with Gasteiger partial charge >= 0.3 is 5.97 Å². The molecule has 0 bridgehead atoms. The minimum atomic E-state index is -3.33. The Balaban J connectivity index is 1.34. The lowest BCUT2D eigenvalue weighted by Gasteiger charge is -2.57. The fourth-order valence-electron chi connectivity index (χ4n) is 8.99. The Morgan fingerprint density at radius 1 is 0.522 bits per heavy atom. The lowest BCUT2D eigenvalue weighted by Crippen LogP contribution is -2.78. The second-order valence-electron chi connectivity index (χ2n) is 18.0. The Hall–Kier alpha value is -1.65. The van der Waals surface area contributed by atoms with Crippen LogP contribution in [0.5, 0.6) is 0 Å². The molecule has 6 fully saturated rings. The van der Waals surface area contributed by atoms with Crippen molar-refractivity contribution >= 4 is 5.97 Å². The van der Waals surface area contributed by atoms with Gasteiger partial charge < -0.3 is 145 Å². The molecule has 30 heteroatoms. The molecule has 6 heterocycles. The number of aliphatic hydroxyl groups excluding tert-OH is 15. The number of ether oxygens (including phenoxy) is 11. The zero-order valence-corrected chi connectivity index (χ0v) is 37.4. The van der Waals surface area contributed by atoms with Gasteiger partial charge in [0.15, 0.2) is 43.2 Å². The quantitative estimate of drug-likeness (QED) is 0.0638. The van der Waals surface area contributed by atoms with Crippen molar-refractivity contribution in [3.8, 4) is 0 Å². The molecular weight excluding hydrogens is 946 g/mol. The summed E-state index contributed by atoms with van der Waals surface area (Å²) in [5, 5.41) is 187. The van der Waals surface area contributed by atoms with Gasteiger partial charge in [0.25, 0.3) is 0 Å². The first-order valence-corrected chi connectivity index (χ1v) is 22.3. The third kappa shape index (κ3) is 11.2. The number of aliphatic carboxylic acids is 1. The molecule has 19 N–H and O–H groups in total. The van der Waals surface area contributed by atoms with Crippen LogP contribution in [0.15, 0.2) is 0 Å². The monoisotopic (exact) mass is 1010 g/mol. The lowest BCUT2D eigenvalue weighted by atomic mass is 9.76. The highest BCUT2D eigenvalue weighted by Gasteiger charge is 2.67. The number of nitrogens with two attached hydrogens (primary N) is 1. The molecule has 6 aliphatic rings. The van der Waals surface area contributed by atoms with Gasteiger partial charge in [-0.1, -0.05) is 0 Å². The van der Waals surface area contributed by atoms with E-state index in [1.807, 2.05) is 0 Å². The smallest absolute Gasteiger partial charge is 0.335 e. The largest absolute Gasteiger partial charge is 0.479 e. The topological polar surface area (TPSA) is 489 Å². The van der Waals surface area contributed by atoms with Crippen LogP contribution in [-0.2, 0) is 56.9 Å². The number of carboxylic acid groups (broad SMARTS) is 1. The summed E-state index contributed by atoms with van der Waals surface area (Å²) in [7, 11) is 0. The number of carbonyl (C=O) groups is 1. The van der Waals surface area contributed by atoms with Gasteiger partial charge in [-0.3, -0.25) is 0 Å². The molecule has 6 rings (SSSR count). The average molecular weight is 1010 g/mol. The molecule has 30 nitrogen and oxygen atoms in total. The Labute approximate surface area is 392 Å². The van der Waals surface area contributed by atoms with Crippen LogP contribution in [0.25, 0.3) is 0 Å². The Morgan fingerprint density at radius 3 is 1.71 bits per heavy atom. The van der Waals surface area contributed by atoms with E-state index in [1.54, 1.807) is 0 Å². The normalized spacial score (nSPS) is 53.2.